The normalized spacial score (nSPS) is 32.2. The molecule has 0 saturated carbocycles. The van der Waals surface area contributed by atoms with E-state index in [2.05, 4.69) is 5.32 Å². The van der Waals surface area contributed by atoms with Gasteiger partial charge in [0.2, 0.25) is 0 Å². The highest BCUT2D eigenvalue weighted by molar-refractivity contribution is 5.72. The molecule has 0 aromatic rings. The molecule has 4 heteroatoms. The molecule has 0 aromatic heterocycles. The first-order valence-electron chi connectivity index (χ1n) is 4.80. The van der Waals surface area contributed by atoms with Crippen LogP contribution in [0, 0.1) is 5.92 Å². The van der Waals surface area contributed by atoms with Crippen LogP contribution >= 0.6 is 0 Å². The van der Waals surface area contributed by atoms with Crippen LogP contribution in [0.1, 0.15) is 19.3 Å². The summed E-state index contributed by atoms with van der Waals surface area (Å²) in [4.78, 5) is 11.0. The molecule has 0 aromatic carbocycles. The molecule has 0 amide bonds. The van der Waals surface area contributed by atoms with Gasteiger partial charge in [0.25, 0.3) is 0 Å². The third-order valence-electron chi connectivity index (χ3n) is 3.26. The predicted molar refractivity (Wildman–Crippen MR) is 46.5 cm³/mol. The predicted octanol–water partition coefficient (Wildman–Crippen LogP) is 0.230. The van der Waals surface area contributed by atoms with Crippen molar-refractivity contribution in [2.24, 2.45) is 5.92 Å². The van der Waals surface area contributed by atoms with Gasteiger partial charge in [0.15, 0.2) is 0 Å². The number of rotatable bonds is 1. The van der Waals surface area contributed by atoms with E-state index in [4.69, 9.17) is 9.84 Å². The van der Waals surface area contributed by atoms with Gasteiger partial charge in [-0.05, 0) is 25.8 Å². The lowest BCUT2D eigenvalue weighted by Crippen LogP contribution is -2.51. The third kappa shape index (κ3) is 1.44. The molecule has 0 aliphatic carbocycles. The summed E-state index contributed by atoms with van der Waals surface area (Å²) in [5.74, 6) is -0.872. The lowest BCUT2D eigenvalue weighted by molar-refractivity contribution is -0.145. The lowest BCUT2D eigenvalue weighted by Gasteiger charge is -2.37. The molecule has 74 valence electrons. The zero-order valence-corrected chi connectivity index (χ0v) is 7.58. The van der Waals surface area contributed by atoms with Crippen molar-refractivity contribution in [2.75, 3.05) is 19.8 Å². The number of carboxylic acids is 1. The molecule has 2 saturated heterocycles. The van der Waals surface area contributed by atoms with Crippen LogP contribution in [0.3, 0.4) is 0 Å². The van der Waals surface area contributed by atoms with Crippen molar-refractivity contribution in [3.05, 3.63) is 0 Å². The summed E-state index contributed by atoms with van der Waals surface area (Å²) in [6.07, 6.45) is 2.43. The van der Waals surface area contributed by atoms with Crippen molar-refractivity contribution < 1.29 is 14.6 Å². The zero-order valence-electron chi connectivity index (χ0n) is 7.58. The summed E-state index contributed by atoms with van der Waals surface area (Å²) in [7, 11) is 0. The topological polar surface area (TPSA) is 58.6 Å². The van der Waals surface area contributed by atoms with Gasteiger partial charge in [0.05, 0.1) is 5.92 Å². The number of carbonyl (C=O) groups is 1. The highest BCUT2D eigenvalue weighted by atomic mass is 16.5. The Morgan fingerprint density at radius 2 is 2.15 bits per heavy atom. The van der Waals surface area contributed by atoms with Gasteiger partial charge in [0, 0.05) is 18.8 Å². The van der Waals surface area contributed by atoms with E-state index in [0.29, 0.717) is 13.2 Å². The van der Waals surface area contributed by atoms with Gasteiger partial charge in [-0.1, -0.05) is 0 Å². The van der Waals surface area contributed by atoms with Gasteiger partial charge >= 0.3 is 5.97 Å². The summed E-state index contributed by atoms with van der Waals surface area (Å²) < 4.78 is 5.25. The largest absolute Gasteiger partial charge is 0.481 e. The van der Waals surface area contributed by atoms with E-state index in [1.807, 2.05) is 0 Å². The van der Waals surface area contributed by atoms with Crippen molar-refractivity contribution in [2.45, 2.75) is 24.8 Å². The Morgan fingerprint density at radius 1 is 1.46 bits per heavy atom. The fraction of sp³-hybridized carbons (Fsp3) is 0.889. The third-order valence-corrected chi connectivity index (χ3v) is 3.26. The Bertz CT molecular complexity index is 211. The van der Waals surface area contributed by atoms with Crippen LogP contribution in [0.4, 0.5) is 0 Å². The van der Waals surface area contributed by atoms with E-state index in [0.717, 1.165) is 25.8 Å². The van der Waals surface area contributed by atoms with Crippen LogP contribution in [0.15, 0.2) is 0 Å². The first kappa shape index (κ1) is 8.97. The molecule has 2 heterocycles. The maximum absolute atomic E-state index is 11.0. The van der Waals surface area contributed by atoms with Gasteiger partial charge in [-0.2, -0.15) is 0 Å². The monoisotopic (exact) mass is 185 g/mol. The van der Waals surface area contributed by atoms with Crippen LogP contribution in [0.25, 0.3) is 0 Å². The van der Waals surface area contributed by atoms with E-state index in [1.165, 1.54) is 0 Å². The van der Waals surface area contributed by atoms with E-state index in [-0.39, 0.29) is 11.5 Å². The molecule has 1 spiro atoms. The van der Waals surface area contributed by atoms with Crippen LogP contribution in [-0.4, -0.2) is 36.4 Å². The van der Waals surface area contributed by atoms with Crippen molar-refractivity contribution >= 4 is 5.97 Å². The molecule has 2 aliphatic rings. The van der Waals surface area contributed by atoms with Gasteiger partial charge in [-0.25, -0.2) is 0 Å². The summed E-state index contributed by atoms with van der Waals surface area (Å²) in [5.41, 5.74) is -0.163. The van der Waals surface area contributed by atoms with E-state index < -0.39 is 5.97 Å². The summed E-state index contributed by atoms with van der Waals surface area (Å²) in [6.45, 7) is 2.21. The zero-order chi connectivity index (χ0) is 9.31. The number of nitrogens with one attached hydrogen (secondary N) is 1. The van der Waals surface area contributed by atoms with Crippen LogP contribution in [0.5, 0.6) is 0 Å². The number of carboxylic acid groups (broad SMARTS) is 1. The number of hydrogen-bond donors (Lipinski definition) is 2. The fourth-order valence-electron chi connectivity index (χ4n) is 2.49. The Morgan fingerprint density at radius 3 is 2.77 bits per heavy atom. The van der Waals surface area contributed by atoms with Crippen LogP contribution in [0.2, 0.25) is 0 Å². The molecule has 2 aliphatic heterocycles. The molecule has 4 nitrogen and oxygen atoms in total. The van der Waals surface area contributed by atoms with Gasteiger partial charge in [0.1, 0.15) is 0 Å². The SMILES string of the molecule is O=C(O)C1CCNC12CCOCC2. The van der Waals surface area contributed by atoms with Gasteiger partial charge < -0.3 is 15.2 Å². The molecular weight excluding hydrogens is 170 g/mol. The average Bonchev–Trinajstić information content (AvgIpc) is 2.50. The Labute approximate surface area is 77.3 Å². The highest BCUT2D eigenvalue weighted by Gasteiger charge is 2.47. The molecule has 2 fully saturated rings. The van der Waals surface area contributed by atoms with Crippen LogP contribution in [-0.2, 0) is 9.53 Å². The first-order chi connectivity index (χ1) is 6.25. The molecule has 1 unspecified atom stereocenters. The van der Waals surface area contributed by atoms with E-state index in [1.54, 1.807) is 0 Å². The Kier molecular flexibility index (Phi) is 2.26. The van der Waals surface area contributed by atoms with E-state index >= 15 is 0 Å². The minimum atomic E-state index is -0.660. The Balaban J connectivity index is 2.13. The molecule has 1 atom stereocenters. The summed E-state index contributed by atoms with van der Waals surface area (Å²) in [6, 6.07) is 0. The summed E-state index contributed by atoms with van der Waals surface area (Å²) >= 11 is 0. The van der Waals surface area contributed by atoms with E-state index in [9.17, 15) is 4.79 Å². The smallest absolute Gasteiger partial charge is 0.308 e. The molecule has 13 heavy (non-hydrogen) atoms. The molecule has 2 rings (SSSR count). The second-order valence-electron chi connectivity index (χ2n) is 3.87. The van der Waals surface area contributed by atoms with Crippen LogP contribution < -0.4 is 5.32 Å². The quantitative estimate of drug-likeness (QED) is 0.614. The maximum Gasteiger partial charge on any atom is 0.308 e. The first-order valence-corrected chi connectivity index (χ1v) is 4.80. The van der Waals surface area contributed by atoms with Crippen molar-refractivity contribution in [1.82, 2.24) is 5.32 Å². The van der Waals surface area contributed by atoms with Crippen molar-refractivity contribution in [1.29, 1.82) is 0 Å². The number of hydrogen-bond acceptors (Lipinski definition) is 3. The summed E-state index contributed by atoms with van der Waals surface area (Å²) in [5, 5.41) is 12.4. The molecule has 2 N–H and O–H groups in total. The number of ether oxygens (including phenoxy) is 1. The Hall–Kier alpha value is -0.610. The average molecular weight is 185 g/mol. The number of aliphatic carboxylic acids is 1. The minimum absolute atomic E-state index is 0.163. The fourth-order valence-corrected chi connectivity index (χ4v) is 2.49. The second-order valence-corrected chi connectivity index (χ2v) is 3.87. The van der Waals surface area contributed by atoms with Gasteiger partial charge in [-0.3, -0.25) is 4.79 Å². The minimum Gasteiger partial charge on any atom is -0.481 e. The molecular formula is C9H15NO3. The van der Waals surface area contributed by atoms with Gasteiger partial charge in [-0.15, -0.1) is 0 Å². The standard InChI is InChI=1S/C9H15NO3/c11-8(12)7-1-4-10-9(7)2-5-13-6-3-9/h7,10H,1-6H2,(H,11,12). The van der Waals surface area contributed by atoms with Crippen molar-refractivity contribution in [3.63, 3.8) is 0 Å². The molecule has 0 bridgehead atoms. The maximum atomic E-state index is 11.0. The second kappa shape index (κ2) is 3.27. The van der Waals surface area contributed by atoms with Crippen molar-refractivity contribution in [3.8, 4) is 0 Å². The lowest BCUT2D eigenvalue weighted by atomic mass is 9.79. The molecule has 0 radical (unpaired) electrons. The highest BCUT2D eigenvalue weighted by Crippen LogP contribution is 2.35.